The Balaban J connectivity index is 1.53. The number of hydrogen-bond acceptors (Lipinski definition) is 5. The van der Waals surface area contributed by atoms with Gasteiger partial charge in [-0.25, -0.2) is 14.8 Å². The third kappa shape index (κ3) is 5.94. The first kappa shape index (κ1) is 23.3. The Morgan fingerprint density at radius 2 is 1.52 bits per heavy atom. The second kappa shape index (κ2) is 10.4. The zero-order valence-electron chi connectivity index (χ0n) is 20.3. The van der Waals surface area contributed by atoms with Gasteiger partial charge in [0.05, 0.1) is 6.04 Å². The number of nitrogens with one attached hydrogen (secondary N) is 1. The second-order valence-corrected chi connectivity index (χ2v) is 11.3. The molecule has 178 valence electrons. The van der Waals surface area contributed by atoms with Crippen LogP contribution in [-0.4, -0.2) is 77.0 Å². The molecule has 2 aliphatic carbocycles. The lowest BCUT2D eigenvalue weighted by Gasteiger charge is -2.50. The van der Waals surface area contributed by atoms with E-state index < -0.39 is 5.60 Å². The molecule has 6 heteroatoms. The van der Waals surface area contributed by atoms with E-state index in [9.17, 15) is 4.79 Å². The maximum atomic E-state index is 13.7. The molecule has 0 aromatic rings. The number of likely N-dealkylation sites (tertiary alicyclic amines) is 1. The van der Waals surface area contributed by atoms with E-state index in [2.05, 4.69) is 20.2 Å². The van der Waals surface area contributed by atoms with Crippen LogP contribution in [0.3, 0.4) is 0 Å². The average molecular weight is 435 g/mol. The van der Waals surface area contributed by atoms with Gasteiger partial charge in [-0.15, -0.1) is 0 Å². The molecule has 2 aliphatic heterocycles. The Morgan fingerprint density at radius 1 is 0.839 bits per heavy atom. The monoisotopic (exact) mass is 434 g/mol. The molecule has 4 fully saturated rings. The van der Waals surface area contributed by atoms with Crippen LogP contribution in [0.2, 0.25) is 0 Å². The van der Waals surface area contributed by atoms with E-state index in [-0.39, 0.29) is 12.1 Å². The van der Waals surface area contributed by atoms with Crippen molar-refractivity contribution >= 4 is 6.09 Å². The van der Waals surface area contributed by atoms with Crippen molar-refractivity contribution in [1.82, 2.24) is 20.2 Å². The largest absolute Gasteiger partial charge is 0.443 e. The predicted molar refractivity (Wildman–Crippen MR) is 125 cm³/mol. The molecule has 6 nitrogen and oxygen atoms in total. The predicted octanol–water partition coefficient (Wildman–Crippen LogP) is 4.54. The molecule has 0 spiro atoms. The van der Waals surface area contributed by atoms with Crippen LogP contribution in [0.25, 0.3) is 0 Å². The van der Waals surface area contributed by atoms with Crippen LogP contribution >= 0.6 is 0 Å². The third-order valence-corrected chi connectivity index (χ3v) is 7.86. The lowest BCUT2D eigenvalue weighted by molar-refractivity contribution is -0.127. The molecule has 2 heterocycles. The molecule has 4 rings (SSSR count). The smallest absolute Gasteiger partial charge is 0.425 e. The van der Waals surface area contributed by atoms with Gasteiger partial charge < -0.3 is 15.0 Å². The average Bonchev–Trinajstić information content (AvgIpc) is 3.46. The van der Waals surface area contributed by atoms with E-state index in [4.69, 9.17) is 4.74 Å². The summed E-state index contributed by atoms with van der Waals surface area (Å²) in [4.78, 5) is 16.4. The normalized spacial score (nSPS) is 31.3. The molecule has 1 atom stereocenters. The van der Waals surface area contributed by atoms with Crippen molar-refractivity contribution < 1.29 is 9.53 Å². The van der Waals surface area contributed by atoms with E-state index >= 15 is 0 Å². The highest BCUT2D eigenvalue weighted by Gasteiger charge is 2.42. The summed E-state index contributed by atoms with van der Waals surface area (Å²) < 4.78 is 6.03. The van der Waals surface area contributed by atoms with Gasteiger partial charge >= 0.3 is 6.09 Å². The van der Waals surface area contributed by atoms with Gasteiger partial charge in [-0.2, -0.15) is 0 Å². The zero-order valence-corrected chi connectivity index (χ0v) is 20.3. The summed E-state index contributed by atoms with van der Waals surface area (Å²) in [5.74, 6) is 0. The van der Waals surface area contributed by atoms with Gasteiger partial charge in [-0.3, -0.25) is 0 Å². The number of carbonyl (C=O) groups is 1. The van der Waals surface area contributed by atoms with Crippen molar-refractivity contribution in [3.05, 3.63) is 0 Å². The summed E-state index contributed by atoms with van der Waals surface area (Å²) in [7, 11) is 0. The van der Waals surface area contributed by atoms with Gasteiger partial charge in [-0.05, 0) is 98.2 Å². The third-order valence-electron chi connectivity index (χ3n) is 7.86. The fourth-order valence-corrected chi connectivity index (χ4v) is 6.38. The molecule has 2 saturated carbocycles. The van der Waals surface area contributed by atoms with Gasteiger partial charge in [0.15, 0.2) is 0 Å². The number of nitrogens with zero attached hydrogens (tertiary/aromatic N) is 3. The van der Waals surface area contributed by atoms with Crippen LogP contribution in [0.4, 0.5) is 4.79 Å². The van der Waals surface area contributed by atoms with E-state index in [1.54, 1.807) is 0 Å². The lowest BCUT2D eigenvalue weighted by atomic mass is 9.89. The SMILES string of the molecule is CC(C)(C)OC(=O)N(C1CCC(N2CCCC2)CC1)N(C1CCCCC1)C1CCNC1. The van der Waals surface area contributed by atoms with Crippen molar-refractivity contribution in [2.45, 2.75) is 128 Å². The maximum absolute atomic E-state index is 13.7. The Bertz CT molecular complexity index is 567. The van der Waals surface area contributed by atoms with E-state index in [0.717, 1.165) is 38.4 Å². The zero-order chi connectivity index (χ0) is 21.8. The van der Waals surface area contributed by atoms with Gasteiger partial charge in [0.2, 0.25) is 0 Å². The molecule has 0 bridgehead atoms. The van der Waals surface area contributed by atoms with Crippen molar-refractivity contribution in [2.75, 3.05) is 26.2 Å². The van der Waals surface area contributed by atoms with Crippen LogP contribution in [0, 0.1) is 0 Å². The molecule has 0 aromatic carbocycles. The van der Waals surface area contributed by atoms with Crippen LogP contribution in [0.15, 0.2) is 0 Å². The standard InChI is InChI=1S/C25H46N4O2/c1-25(2,3)31-24(30)29(22-13-11-20(12-14-22)27-17-7-8-18-27)28(23-15-16-26-19-23)21-9-5-4-6-10-21/h20-23,26H,4-19H2,1-3H3. The minimum Gasteiger partial charge on any atom is -0.443 e. The highest BCUT2D eigenvalue weighted by molar-refractivity contribution is 5.68. The lowest BCUT2D eigenvalue weighted by Crippen LogP contribution is -2.62. The second-order valence-electron chi connectivity index (χ2n) is 11.3. The molecule has 1 N–H and O–H groups in total. The van der Waals surface area contributed by atoms with Crippen molar-refractivity contribution in [2.24, 2.45) is 0 Å². The Morgan fingerprint density at radius 3 is 2.10 bits per heavy atom. The quantitative estimate of drug-likeness (QED) is 0.644. The summed E-state index contributed by atoms with van der Waals surface area (Å²) in [5, 5.41) is 8.21. The summed E-state index contributed by atoms with van der Waals surface area (Å²) in [6.07, 6.45) is 14.7. The first-order valence-corrected chi connectivity index (χ1v) is 13.2. The Hall–Kier alpha value is -0.850. The van der Waals surface area contributed by atoms with E-state index in [1.807, 2.05) is 20.8 Å². The highest BCUT2D eigenvalue weighted by atomic mass is 16.6. The minimum absolute atomic E-state index is 0.116. The Kier molecular flexibility index (Phi) is 7.81. The van der Waals surface area contributed by atoms with Crippen LogP contribution in [0.1, 0.15) is 97.8 Å². The number of hydrazine groups is 1. The van der Waals surface area contributed by atoms with Gasteiger partial charge in [0.1, 0.15) is 5.60 Å². The van der Waals surface area contributed by atoms with Crippen molar-refractivity contribution in [1.29, 1.82) is 0 Å². The molecular weight excluding hydrogens is 388 g/mol. The summed E-state index contributed by atoms with van der Waals surface area (Å²) in [6, 6.07) is 1.88. The van der Waals surface area contributed by atoms with Crippen molar-refractivity contribution in [3.63, 3.8) is 0 Å². The van der Waals surface area contributed by atoms with E-state index in [1.165, 1.54) is 70.9 Å². The molecule has 0 radical (unpaired) electrons. The molecule has 0 aromatic heterocycles. The van der Waals surface area contributed by atoms with Crippen LogP contribution < -0.4 is 5.32 Å². The fourth-order valence-electron chi connectivity index (χ4n) is 6.38. The fraction of sp³-hybridized carbons (Fsp3) is 0.960. The summed E-state index contributed by atoms with van der Waals surface area (Å²) >= 11 is 0. The topological polar surface area (TPSA) is 48.1 Å². The molecule has 1 unspecified atom stereocenters. The number of amides is 1. The van der Waals surface area contributed by atoms with Crippen LogP contribution in [-0.2, 0) is 4.74 Å². The molecular formula is C25H46N4O2. The minimum atomic E-state index is -0.464. The van der Waals surface area contributed by atoms with Gasteiger partial charge in [-0.1, -0.05) is 19.3 Å². The highest BCUT2D eigenvalue weighted by Crippen LogP contribution is 2.35. The number of ether oxygens (including phenoxy) is 1. The van der Waals surface area contributed by atoms with Crippen LogP contribution in [0.5, 0.6) is 0 Å². The molecule has 2 saturated heterocycles. The number of carbonyl (C=O) groups excluding carboxylic acids is 1. The molecule has 4 aliphatic rings. The number of rotatable bonds is 5. The first-order valence-electron chi connectivity index (χ1n) is 13.2. The van der Waals surface area contributed by atoms with E-state index in [0.29, 0.717) is 12.1 Å². The Labute approximate surface area is 190 Å². The summed E-state index contributed by atoms with van der Waals surface area (Å²) in [6.45, 7) is 10.6. The summed E-state index contributed by atoms with van der Waals surface area (Å²) in [5.41, 5.74) is -0.464. The number of hydrogen-bond donors (Lipinski definition) is 1. The van der Waals surface area contributed by atoms with Crippen molar-refractivity contribution in [3.8, 4) is 0 Å². The molecule has 1 amide bonds. The molecule has 31 heavy (non-hydrogen) atoms. The first-order chi connectivity index (χ1) is 14.9. The van der Waals surface area contributed by atoms with Gasteiger partial charge in [0, 0.05) is 24.7 Å². The maximum Gasteiger partial charge on any atom is 0.425 e. The van der Waals surface area contributed by atoms with Gasteiger partial charge in [0.25, 0.3) is 0 Å².